The lowest BCUT2D eigenvalue weighted by atomic mass is 10.1. The quantitative estimate of drug-likeness (QED) is 0.727. The molecule has 22 heavy (non-hydrogen) atoms. The molecule has 0 fully saturated rings. The van der Waals surface area contributed by atoms with Crippen LogP contribution in [0.15, 0.2) is 35.7 Å². The molecule has 0 atom stereocenters. The van der Waals surface area contributed by atoms with E-state index in [-0.39, 0.29) is 5.91 Å². The second-order valence-electron chi connectivity index (χ2n) is 5.01. The molecule has 0 aliphatic rings. The zero-order chi connectivity index (χ0) is 15.5. The van der Waals surface area contributed by atoms with Crippen LogP contribution in [0.3, 0.4) is 0 Å². The first-order valence-corrected chi connectivity index (χ1v) is 8.25. The normalized spacial score (nSPS) is 11.0. The van der Waals surface area contributed by atoms with Crippen molar-refractivity contribution < 1.29 is 4.79 Å². The summed E-state index contributed by atoms with van der Waals surface area (Å²) in [6, 6.07) is 9.67. The number of fused-ring (bicyclic) bond motifs is 1. The fourth-order valence-corrected chi connectivity index (χ4v) is 3.16. The lowest BCUT2D eigenvalue weighted by Gasteiger charge is -2.20. The van der Waals surface area contributed by atoms with Gasteiger partial charge in [-0.25, -0.2) is 4.68 Å². The molecule has 0 saturated carbocycles. The number of aromatic nitrogens is 3. The van der Waals surface area contributed by atoms with Crippen LogP contribution in [0.1, 0.15) is 29.1 Å². The van der Waals surface area contributed by atoms with Gasteiger partial charge in [-0.1, -0.05) is 11.3 Å². The number of carbonyl (C=O) groups is 1. The molecule has 0 saturated heterocycles. The molecule has 0 aliphatic carbocycles. The molecular formula is C16H18N4OS. The Labute approximate surface area is 133 Å². The van der Waals surface area contributed by atoms with E-state index in [1.165, 1.54) is 4.88 Å². The van der Waals surface area contributed by atoms with Crippen LogP contribution < -0.4 is 0 Å². The molecule has 3 aromatic rings. The maximum Gasteiger partial charge on any atom is 0.254 e. The van der Waals surface area contributed by atoms with Gasteiger partial charge in [0.25, 0.3) is 5.91 Å². The molecular weight excluding hydrogens is 296 g/mol. The second-order valence-corrected chi connectivity index (χ2v) is 6.04. The second kappa shape index (κ2) is 6.27. The van der Waals surface area contributed by atoms with Crippen molar-refractivity contribution in [1.82, 2.24) is 19.9 Å². The zero-order valence-corrected chi connectivity index (χ0v) is 13.5. The summed E-state index contributed by atoms with van der Waals surface area (Å²) in [5.74, 6) is 0.0313. The summed E-state index contributed by atoms with van der Waals surface area (Å²) in [5.41, 5.74) is 2.38. The lowest BCUT2D eigenvalue weighted by molar-refractivity contribution is 0.0754. The number of amides is 1. The molecule has 1 amide bonds. The predicted octanol–water partition coefficient (Wildman–Crippen LogP) is 3.18. The Kier molecular flexibility index (Phi) is 4.20. The first kappa shape index (κ1) is 14.7. The first-order chi connectivity index (χ1) is 10.7. The fourth-order valence-electron chi connectivity index (χ4n) is 2.44. The fraction of sp³-hybridized carbons (Fsp3) is 0.312. The minimum absolute atomic E-state index is 0.0313. The SMILES string of the molecule is CCN(Cc1cccs1)C(=O)c1ccc2c(c1)nnn2CC. The molecule has 0 unspecified atom stereocenters. The van der Waals surface area contributed by atoms with Gasteiger partial charge in [-0.05, 0) is 43.5 Å². The van der Waals surface area contributed by atoms with Gasteiger partial charge in [0.1, 0.15) is 5.52 Å². The van der Waals surface area contributed by atoms with Crippen LogP contribution in [0.4, 0.5) is 0 Å². The maximum absolute atomic E-state index is 12.7. The highest BCUT2D eigenvalue weighted by atomic mass is 32.1. The number of benzene rings is 1. The molecule has 0 radical (unpaired) electrons. The van der Waals surface area contributed by atoms with Crippen molar-refractivity contribution in [1.29, 1.82) is 0 Å². The van der Waals surface area contributed by atoms with Crippen molar-refractivity contribution in [2.45, 2.75) is 26.9 Å². The molecule has 0 spiro atoms. The van der Waals surface area contributed by atoms with Crippen molar-refractivity contribution in [3.8, 4) is 0 Å². The zero-order valence-electron chi connectivity index (χ0n) is 12.7. The molecule has 5 nitrogen and oxygen atoms in total. The highest BCUT2D eigenvalue weighted by molar-refractivity contribution is 7.09. The molecule has 0 bridgehead atoms. The number of nitrogens with zero attached hydrogens (tertiary/aromatic N) is 4. The number of carbonyl (C=O) groups excluding carboxylic acids is 1. The number of thiophene rings is 1. The Morgan fingerprint density at radius 1 is 1.32 bits per heavy atom. The molecule has 114 valence electrons. The predicted molar refractivity (Wildman–Crippen MR) is 87.9 cm³/mol. The van der Waals surface area contributed by atoms with Crippen molar-refractivity contribution in [3.63, 3.8) is 0 Å². The van der Waals surface area contributed by atoms with Gasteiger partial charge in [0.15, 0.2) is 0 Å². The maximum atomic E-state index is 12.7. The van der Waals surface area contributed by atoms with Crippen LogP contribution in [0.5, 0.6) is 0 Å². The van der Waals surface area contributed by atoms with Gasteiger partial charge in [0, 0.05) is 23.5 Å². The van der Waals surface area contributed by atoms with E-state index >= 15 is 0 Å². The Morgan fingerprint density at radius 3 is 2.86 bits per heavy atom. The van der Waals surface area contributed by atoms with E-state index in [2.05, 4.69) is 16.4 Å². The van der Waals surface area contributed by atoms with Crippen LogP contribution in [0, 0.1) is 0 Å². The van der Waals surface area contributed by atoms with E-state index in [0.29, 0.717) is 18.7 Å². The lowest BCUT2D eigenvalue weighted by Crippen LogP contribution is -2.29. The molecule has 3 rings (SSSR count). The van der Waals surface area contributed by atoms with Crippen molar-refractivity contribution in [3.05, 3.63) is 46.2 Å². The average molecular weight is 314 g/mol. The van der Waals surface area contributed by atoms with E-state index in [4.69, 9.17) is 0 Å². The summed E-state index contributed by atoms with van der Waals surface area (Å²) in [6.07, 6.45) is 0. The third-order valence-corrected chi connectivity index (χ3v) is 4.52. The van der Waals surface area contributed by atoms with E-state index in [9.17, 15) is 4.79 Å². The molecule has 6 heteroatoms. The van der Waals surface area contributed by atoms with Gasteiger partial charge >= 0.3 is 0 Å². The smallest absolute Gasteiger partial charge is 0.254 e. The third-order valence-electron chi connectivity index (χ3n) is 3.66. The van der Waals surface area contributed by atoms with E-state index < -0.39 is 0 Å². The average Bonchev–Trinajstić information content (AvgIpc) is 3.20. The number of rotatable bonds is 5. The van der Waals surface area contributed by atoms with Gasteiger partial charge in [0.05, 0.1) is 12.1 Å². The molecule has 0 aliphatic heterocycles. The highest BCUT2D eigenvalue weighted by Gasteiger charge is 2.16. The monoisotopic (exact) mass is 314 g/mol. The van der Waals surface area contributed by atoms with E-state index in [1.54, 1.807) is 11.3 Å². The molecule has 2 aromatic heterocycles. The summed E-state index contributed by atoms with van der Waals surface area (Å²) in [6.45, 7) is 6.11. The topological polar surface area (TPSA) is 51.0 Å². The third kappa shape index (κ3) is 2.74. The molecule has 2 heterocycles. The van der Waals surface area contributed by atoms with Crippen LogP contribution in [-0.4, -0.2) is 32.3 Å². The van der Waals surface area contributed by atoms with Crippen molar-refractivity contribution in [2.75, 3.05) is 6.54 Å². The summed E-state index contributed by atoms with van der Waals surface area (Å²) in [4.78, 5) is 15.7. The Hall–Kier alpha value is -2.21. The number of aryl methyl sites for hydroxylation is 1. The van der Waals surface area contributed by atoms with Crippen LogP contribution >= 0.6 is 11.3 Å². The van der Waals surface area contributed by atoms with Crippen LogP contribution in [0.25, 0.3) is 11.0 Å². The summed E-state index contributed by atoms with van der Waals surface area (Å²) >= 11 is 1.67. The van der Waals surface area contributed by atoms with Gasteiger partial charge < -0.3 is 4.90 Å². The Balaban J connectivity index is 1.86. The van der Waals surface area contributed by atoms with E-state index in [1.807, 2.05) is 53.1 Å². The summed E-state index contributed by atoms with van der Waals surface area (Å²) in [5, 5.41) is 10.3. The Bertz CT molecular complexity index is 779. The molecule has 1 aromatic carbocycles. The largest absolute Gasteiger partial charge is 0.334 e. The van der Waals surface area contributed by atoms with Crippen LogP contribution in [0.2, 0.25) is 0 Å². The standard InChI is InChI=1S/C16H18N4OS/c1-3-19(11-13-6-5-9-22-13)16(21)12-7-8-15-14(10-12)17-18-20(15)4-2/h5-10H,3-4,11H2,1-2H3. The highest BCUT2D eigenvalue weighted by Crippen LogP contribution is 2.17. The van der Waals surface area contributed by atoms with Gasteiger partial charge in [-0.15, -0.1) is 16.4 Å². The minimum Gasteiger partial charge on any atom is -0.334 e. The van der Waals surface area contributed by atoms with Gasteiger partial charge in [0.2, 0.25) is 0 Å². The number of hydrogen-bond acceptors (Lipinski definition) is 4. The Morgan fingerprint density at radius 2 is 2.18 bits per heavy atom. The van der Waals surface area contributed by atoms with Crippen LogP contribution in [-0.2, 0) is 13.1 Å². The number of hydrogen-bond donors (Lipinski definition) is 0. The van der Waals surface area contributed by atoms with Gasteiger partial charge in [-0.3, -0.25) is 4.79 Å². The van der Waals surface area contributed by atoms with Crippen molar-refractivity contribution in [2.24, 2.45) is 0 Å². The minimum atomic E-state index is 0.0313. The molecule has 0 N–H and O–H groups in total. The van der Waals surface area contributed by atoms with E-state index in [0.717, 1.165) is 17.6 Å². The first-order valence-electron chi connectivity index (χ1n) is 7.37. The van der Waals surface area contributed by atoms with Gasteiger partial charge in [-0.2, -0.15) is 0 Å². The summed E-state index contributed by atoms with van der Waals surface area (Å²) in [7, 11) is 0. The van der Waals surface area contributed by atoms with Crippen molar-refractivity contribution >= 4 is 28.3 Å². The summed E-state index contributed by atoms with van der Waals surface area (Å²) < 4.78 is 1.83.